The number of ether oxygens (including phenoxy) is 3. The highest BCUT2D eigenvalue weighted by atomic mass is 16.6. The van der Waals surface area contributed by atoms with Gasteiger partial charge in [0, 0.05) is 0 Å². The first kappa shape index (κ1) is 91.4. The predicted octanol–water partition coefficient (Wildman–Crippen LogP) is 30.0. The molecule has 0 aliphatic heterocycles. The Kier molecular flexibility index (Phi) is 76.4. The van der Waals surface area contributed by atoms with E-state index in [1.165, 1.54) is 405 Å². The van der Waals surface area contributed by atoms with Crippen LogP contribution >= 0.6 is 0 Å². The van der Waals surface area contributed by atoms with Crippen molar-refractivity contribution in [3.63, 3.8) is 0 Å². The van der Waals surface area contributed by atoms with E-state index in [0.29, 0.717) is 0 Å². The van der Waals surface area contributed by atoms with Gasteiger partial charge in [0.05, 0.1) is 17.8 Å². The van der Waals surface area contributed by atoms with Crippen molar-refractivity contribution in [3.8, 4) is 0 Å². The molecule has 93 heavy (non-hydrogen) atoms. The molecule has 0 amide bonds. The third-order valence-electron chi connectivity index (χ3n) is 21.0. The molecule has 0 aromatic rings. The quantitative estimate of drug-likeness (QED) is 0.0343. The van der Waals surface area contributed by atoms with Crippen molar-refractivity contribution in [2.75, 3.05) is 13.2 Å². The summed E-state index contributed by atoms with van der Waals surface area (Å²) in [7, 11) is 0. The Bertz CT molecular complexity index is 1390. The SMILES string of the molecule is CCCCCCCCCCCCCCCCCCCCCCCCCC(C)C(=O)OCC(COC(=O)C(C)CCCCCCCCCCCCCCCCCCCCCCCCC)OC(=O)C(C)CCCCCCCCCCCCCCCCCCCCCCCCC. The van der Waals surface area contributed by atoms with Gasteiger partial charge in [0.15, 0.2) is 6.10 Å². The van der Waals surface area contributed by atoms with Crippen LogP contribution in [0, 0.1) is 17.8 Å². The largest absolute Gasteiger partial charge is 0.461 e. The summed E-state index contributed by atoms with van der Waals surface area (Å²) in [6.07, 6.45) is 96.0. The molecule has 0 spiro atoms. The second-order valence-electron chi connectivity index (χ2n) is 30.7. The Morgan fingerprint density at radius 2 is 0.323 bits per heavy atom. The monoisotopic (exact) mass is 1310 g/mol. The van der Waals surface area contributed by atoms with Gasteiger partial charge in [-0.3, -0.25) is 14.4 Å². The number of hydrogen-bond acceptors (Lipinski definition) is 6. The van der Waals surface area contributed by atoms with Gasteiger partial charge in [0.1, 0.15) is 13.2 Å². The lowest BCUT2D eigenvalue weighted by Gasteiger charge is -2.22. The van der Waals surface area contributed by atoms with Crippen LogP contribution in [0.5, 0.6) is 0 Å². The summed E-state index contributed by atoms with van der Waals surface area (Å²) in [6, 6.07) is 0. The standard InChI is InChI=1S/C87H170O6/c1-7-10-13-16-19-22-25-28-31-34-37-40-43-46-49-52-55-58-61-64-67-70-73-76-81(4)85(88)91-79-84(93-87(90)83(6)78-75-72-69-66-63-60-57-54-51-48-45-42-39-36-33-30-27-24-21-18-15-12-9-3)80-92-86(89)82(5)77-74-71-68-65-62-59-56-53-50-47-44-41-38-35-32-29-26-23-20-17-14-11-8-2/h81-84H,7-80H2,1-6H3. The molecule has 0 heterocycles. The molecule has 0 saturated heterocycles. The van der Waals surface area contributed by atoms with Crippen LogP contribution in [-0.4, -0.2) is 37.2 Å². The highest BCUT2D eigenvalue weighted by Crippen LogP contribution is 2.23. The summed E-state index contributed by atoms with van der Waals surface area (Å²) in [5.41, 5.74) is 0. The minimum absolute atomic E-state index is 0.0817. The van der Waals surface area contributed by atoms with Crippen LogP contribution in [0.4, 0.5) is 0 Å². The number of carbonyl (C=O) groups excluding carboxylic acids is 3. The van der Waals surface area contributed by atoms with Gasteiger partial charge >= 0.3 is 17.9 Å². The zero-order valence-electron chi connectivity index (χ0n) is 64.6. The number of hydrogen-bond donors (Lipinski definition) is 0. The molecule has 554 valence electrons. The van der Waals surface area contributed by atoms with E-state index >= 15 is 0 Å². The predicted molar refractivity (Wildman–Crippen MR) is 409 cm³/mol. The van der Waals surface area contributed by atoms with Crippen molar-refractivity contribution in [1.82, 2.24) is 0 Å². The summed E-state index contributed by atoms with van der Waals surface area (Å²) in [5.74, 6) is -1.51. The van der Waals surface area contributed by atoms with Gasteiger partial charge in [-0.2, -0.15) is 0 Å². The fourth-order valence-electron chi connectivity index (χ4n) is 14.1. The van der Waals surface area contributed by atoms with E-state index in [0.717, 1.165) is 57.8 Å². The van der Waals surface area contributed by atoms with E-state index < -0.39 is 6.10 Å². The van der Waals surface area contributed by atoms with Gasteiger partial charge in [-0.05, 0) is 19.3 Å². The van der Waals surface area contributed by atoms with Gasteiger partial charge in [0.25, 0.3) is 0 Å². The van der Waals surface area contributed by atoms with Crippen molar-refractivity contribution < 1.29 is 28.6 Å². The van der Waals surface area contributed by atoms with Gasteiger partial charge in [-0.1, -0.05) is 485 Å². The van der Waals surface area contributed by atoms with Crippen LogP contribution in [0.2, 0.25) is 0 Å². The van der Waals surface area contributed by atoms with Crippen LogP contribution in [0.3, 0.4) is 0 Å². The average molecular weight is 1310 g/mol. The van der Waals surface area contributed by atoms with Crippen LogP contribution < -0.4 is 0 Å². The molecule has 0 N–H and O–H groups in total. The Labute approximate surface area is 584 Å². The van der Waals surface area contributed by atoms with Gasteiger partial charge in [-0.15, -0.1) is 0 Å². The van der Waals surface area contributed by atoms with Crippen molar-refractivity contribution in [3.05, 3.63) is 0 Å². The van der Waals surface area contributed by atoms with E-state index in [2.05, 4.69) is 20.8 Å². The molecule has 0 aromatic carbocycles. The minimum Gasteiger partial charge on any atom is -0.461 e. The van der Waals surface area contributed by atoms with E-state index in [-0.39, 0.29) is 48.9 Å². The van der Waals surface area contributed by atoms with Crippen molar-refractivity contribution in [1.29, 1.82) is 0 Å². The maximum atomic E-state index is 13.5. The molecular weight excluding hydrogens is 1140 g/mol. The molecule has 0 saturated carbocycles. The zero-order valence-corrected chi connectivity index (χ0v) is 64.6. The molecule has 0 rings (SSSR count). The highest BCUT2D eigenvalue weighted by molar-refractivity contribution is 5.73. The van der Waals surface area contributed by atoms with Gasteiger partial charge in [0.2, 0.25) is 0 Å². The fraction of sp³-hybridized carbons (Fsp3) is 0.966. The topological polar surface area (TPSA) is 78.9 Å². The molecule has 6 heteroatoms. The molecule has 0 aliphatic carbocycles. The molecule has 3 atom stereocenters. The lowest BCUT2D eigenvalue weighted by molar-refractivity contribution is -0.171. The summed E-state index contributed by atoms with van der Waals surface area (Å²) in [6.45, 7) is 12.6. The molecule has 3 unspecified atom stereocenters. The first-order valence-electron chi connectivity index (χ1n) is 43.3. The third-order valence-corrected chi connectivity index (χ3v) is 21.0. The maximum Gasteiger partial charge on any atom is 0.309 e. The Morgan fingerprint density at radius 1 is 0.194 bits per heavy atom. The maximum absolute atomic E-state index is 13.5. The summed E-state index contributed by atoms with van der Waals surface area (Å²) in [5, 5.41) is 0. The number of rotatable bonds is 80. The van der Waals surface area contributed by atoms with Crippen molar-refractivity contribution >= 4 is 17.9 Å². The fourth-order valence-corrected chi connectivity index (χ4v) is 14.1. The lowest BCUT2D eigenvalue weighted by atomic mass is 10.0. The van der Waals surface area contributed by atoms with Crippen LogP contribution in [0.25, 0.3) is 0 Å². The highest BCUT2D eigenvalue weighted by Gasteiger charge is 2.25. The van der Waals surface area contributed by atoms with E-state index in [1.54, 1.807) is 0 Å². The molecule has 0 fully saturated rings. The summed E-state index contributed by atoms with van der Waals surface area (Å²) < 4.78 is 17.7. The number of carbonyl (C=O) groups is 3. The lowest BCUT2D eigenvalue weighted by Crippen LogP contribution is -2.34. The van der Waals surface area contributed by atoms with E-state index in [9.17, 15) is 14.4 Å². The molecule has 0 aromatic heterocycles. The van der Waals surface area contributed by atoms with Gasteiger partial charge < -0.3 is 14.2 Å². The minimum atomic E-state index is -0.806. The van der Waals surface area contributed by atoms with Crippen LogP contribution in [0.1, 0.15) is 504 Å². The van der Waals surface area contributed by atoms with Crippen molar-refractivity contribution in [2.45, 2.75) is 510 Å². The molecule has 6 nitrogen and oxygen atoms in total. The Balaban J connectivity index is 4.49. The summed E-state index contributed by atoms with van der Waals surface area (Å²) in [4.78, 5) is 40.1. The second kappa shape index (κ2) is 77.8. The molecule has 0 bridgehead atoms. The Morgan fingerprint density at radius 3 is 0.473 bits per heavy atom. The van der Waals surface area contributed by atoms with Gasteiger partial charge in [-0.25, -0.2) is 0 Å². The van der Waals surface area contributed by atoms with Crippen LogP contribution in [0.15, 0.2) is 0 Å². The number of esters is 3. The zero-order chi connectivity index (χ0) is 67.5. The van der Waals surface area contributed by atoms with Crippen molar-refractivity contribution in [2.24, 2.45) is 17.8 Å². The summed E-state index contributed by atoms with van der Waals surface area (Å²) >= 11 is 0. The molecule has 0 aliphatic rings. The normalized spacial score (nSPS) is 13.0. The second-order valence-corrected chi connectivity index (χ2v) is 30.7. The molecule has 0 radical (unpaired) electrons. The first-order chi connectivity index (χ1) is 45.8. The average Bonchev–Trinajstić information content (AvgIpc) is 3.56. The van der Waals surface area contributed by atoms with Crippen LogP contribution in [-0.2, 0) is 28.6 Å². The third kappa shape index (κ3) is 71.5. The van der Waals surface area contributed by atoms with E-state index in [4.69, 9.17) is 14.2 Å². The number of unbranched alkanes of at least 4 members (excludes halogenated alkanes) is 66. The first-order valence-corrected chi connectivity index (χ1v) is 43.3. The smallest absolute Gasteiger partial charge is 0.309 e. The molecular formula is C87H170O6. The van der Waals surface area contributed by atoms with E-state index in [1.807, 2.05) is 20.8 Å². The Hall–Kier alpha value is -1.59.